The van der Waals surface area contributed by atoms with Crippen LogP contribution in [0.4, 0.5) is 0 Å². The maximum Gasteiger partial charge on any atom is 0.0971 e. The Labute approximate surface area is 391 Å². The van der Waals surface area contributed by atoms with Crippen molar-refractivity contribution in [1.82, 2.24) is 9.97 Å². The molecule has 0 saturated carbocycles. The first-order chi connectivity index (χ1) is 35.2. The van der Waals surface area contributed by atoms with Crippen LogP contribution in [-0.4, -0.2) is 9.97 Å². The van der Waals surface area contributed by atoms with Crippen LogP contribution in [0.15, 0.2) is 212 Å². The molecule has 3 heterocycles. The highest BCUT2D eigenvalue weighted by atomic mass is 32.1. The fourth-order valence-electron chi connectivity index (χ4n) is 10.3. The molecule has 65 heavy (non-hydrogen) atoms. The zero-order valence-electron chi connectivity index (χ0n) is 42.2. The third kappa shape index (κ3) is 6.30. The summed E-state index contributed by atoms with van der Waals surface area (Å²) in [5.74, 6) is 0. The van der Waals surface area contributed by atoms with E-state index >= 15 is 0 Å². The number of rotatable bonds is 6. The van der Waals surface area contributed by atoms with Crippen molar-refractivity contribution in [1.29, 1.82) is 0 Å². The van der Waals surface area contributed by atoms with Crippen molar-refractivity contribution in [3.63, 3.8) is 0 Å². The molecule has 8 aromatic carbocycles. The summed E-state index contributed by atoms with van der Waals surface area (Å²) in [5.41, 5.74) is 10.9. The molecular weight excluding hydrogens is 805 g/mol. The Hall–Kier alpha value is -7.72. The van der Waals surface area contributed by atoms with E-state index in [1.807, 2.05) is 23.5 Å². The smallest absolute Gasteiger partial charge is 0.0971 e. The summed E-state index contributed by atoms with van der Waals surface area (Å²) in [6.07, 6.45) is 7.26. The van der Waals surface area contributed by atoms with E-state index in [9.17, 15) is 2.74 Å². The van der Waals surface area contributed by atoms with Gasteiger partial charge < -0.3 is 0 Å². The number of nitrogens with zero attached hydrogens (tertiary/aromatic N) is 2. The Morgan fingerprint density at radius 2 is 1.00 bits per heavy atom. The van der Waals surface area contributed by atoms with Crippen LogP contribution >= 0.6 is 11.3 Å². The quantitative estimate of drug-likeness (QED) is 0.156. The van der Waals surface area contributed by atoms with E-state index in [-0.39, 0.29) is 57.7 Å². The number of pyridine rings is 2. The summed E-state index contributed by atoms with van der Waals surface area (Å²) < 4.78 is 61.4. The van der Waals surface area contributed by atoms with Crippen molar-refractivity contribution < 1.29 is 9.60 Å². The Bertz CT molecular complexity index is 4360. The third-order valence-electron chi connectivity index (χ3n) is 13.3. The molecule has 0 fully saturated rings. The van der Waals surface area contributed by atoms with Crippen LogP contribution in [0, 0.1) is 0 Å². The van der Waals surface area contributed by atoms with Crippen LogP contribution in [0.2, 0.25) is 0 Å². The summed E-state index contributed by atoms with van der Waals surface area (Å²) in [6, 6.07) is 52.4. The van der Waals surface area contributed by atoms with E-state index in [1.54, 1.807) is 0 Å². The van der Waals surface area contributed by atoms with Crippen molar-refractivity contribution in [3.05, 3.63) is 233 Å². The second-order valence-electron chi connectivity index (χ2n) is 16.8. The van der Waals surface area contributed by atoms with Gasteiger partial charge in [0.25, 0.3) is 0 Å². The Morgan fingerprint density at radius 3 is 1.69 bits per heavy atom. The molecule has 0 spiro atoms. The van der Waals surface area contributed by atoms with E-state index in [2.05, 4.69) is 157 Å². The number of benzene rings is 8. The molecule has 3 aromatic heterocycles. The molecule has 2 aliphatic rings. The Kier molecular flexibility index (Phi) is 7.44. The molecule has 11 aromatic rings. The van der Waals surface area contributed by atoms with Gasteiger partial charge in [-0.05, 0) is 114 Å². The second-order valence-corrected chi connectivity index (χ2v) is 17.9. The number of thiophene rings is 1. The molecule has 3 heteroatoms. The predicted molar refractivity (Wildman–Crippen MR) is 276 cm³/mol. The van der Waals surface area contributed by atoms with Gasteiger partial charge in [0, 0.05) is 43.4 Å². The SMILES string of the molecule is [2H]c1nc2c(c([2H])c1[2H])c([2H])c([2H])c1c([2H])c([2H])c(C3=c4ccccc4=C(C4=CC(c5sc(-c6cccc7ccccc67)c(-c6cccc7ccccc67)c5-c5cccc6ccccc56)=CCC4)CC3)nc12. The normalized spacial score (nSPS) is 15.5. The summed E-state index contributed by atoms with van der Waals surface area (Å²) in [4.78, 5) is 11.7. The average molecular weight is 854 g/mol. The largest absolute Gasteiger partial charge is 0.254 e. The average Bonchev–Trinajstić information content (AvgIpc) is 3.81. The summed E-state index contributed by atoms with van der Waals surface area (Å²) in [6.45, 7) is 0. The van der Waals surface area contributed by atoms with Crippen molar-refractivity contribution in [2.24, 2.45) is 0 Å². The topological polar surface area (TPSA) is 25.8 Å². The van der Waals surface area contributed by atoms with Crippen LogP contribution in [0.3, 0.4) is 0 Å². The molecule has 0 bridgehead atoms. The minimum Gasteiger partial charge on any atom is -0.254 e. The first kappa shape index (κ1) is 31.2. The van der Waals surface area contributed by atoms with Gasteiger partial charge in [-0.25, -0.2) is 4.98 Å². The van der Waals surface area contributed by atoms with Crippen LogP contribution in [0.1, 0.15) is 45.8 Å². The molecule has 306 valence electrons. The van der Waals surface area contributed by atoms with Gasteiger partial charge in [0.1, 0.15) is 0 Å². The molecule has 0 saturated heterocycles. The second kappa shape index (κ2) is 15.5. The molecule has 13 rings (SSSR count). The standard InChI is InChI=1S/C62H42N2S/c1-4-23-46-39(14-1)17-10-28-53(46)57-58(54-29-11-18-40-15-2-5-24-47(40)54)62(55-30-12-19-41-16-3-6-25-48(41)55)65-61(57)45-21-9-20-44(38-45)49-34-35-52(51-27-8-7-26-50(49)51)56-36-33-43-32-31-42-22-13-37-63-59(42)60(43)64-56/h1-8,10-19,21-33,36-38H,9,20,34-35H2/i13D,22D,31D,32D,33D,36D,37D. The molecule has 0 aliphatic heterocycles. The lowest BCUT2D eigenvalue weighted by Crippen LogP contribution is -2.33. The maximum absolute atomic E-state index is 9.33. The zero-order chi connectivity index (χ0) is 48.9. The number of hydrogen-bond donors (Lipinski definition) is 0. The van der Waals surface area contributed by atoms with Gasteiger partial charge in [0.15, 0.2) is 0 Å². The fraction of sp³-hybridized carbons (Fsp3) is 0.0645. The van der Waals surface area contributed by atoms with E-state index < -0.39 is 12.2 Å². The van der Waals surface area contributed by atoms with E-state index in [0.717, 1.165) is 28.9 Å². The van der Waals surface area contributed by atoms with Gasteiger partial charge in [0.2, 0.25) is 0 Å². The monoisotopic (exact) mass is 853 g/mol. The van der Waals surface area contributed by atoms with Crippen LogP contribution in [0.25, 0.3) is 104 Å². The van der Waals surface area contributed by atoms with Gasteiger partial charge in [-0.15, -0.1) is 11.3 Å². The summed E-state index contributed by atoms with van der Waals surface area (Å²) in [5, 5.41) is 9.05. The lowest BCUT2D eigenvalue weighted by molar-refractivity contribution is 0.952. The maximum atomic E-state index is 9.33. The molecular formula is C62H42N2S. The lowest BCUT2D eigenvalue weighted by Gasteiger charge is -2.22. The summed E-state index contributed by atoms with van der Waals surface area (Å²) in [7, 11) is 0. The van der Waals surface area contributed by atoms with Crippen molar-refractivity contribution in [3.8, 4) is 32.7 Å². The molecule has 0 amide bonds. The highest BCUT2D eigenvalue weighted by Gasteiger charge is 2.28. The third-order valence-corrected chi connectivity index (χ3v) is 14.5. The van der Waals surface area contributed by atoms with Gasteiger partial charge in [0.05, 0.1) is 26.3 Å². The minimum absolute atomic E-state index is 0.0161. The predicted octanol–water partition coefficient (Wildman–Crippen LogP) is 15.3. The van der Waals surface area contributed by atoms with Gasteiger partial charge >= 0.3 is 0 Å². The molecule has 0 radical (unpaired) electrons. The van der Waals surface area contributed by atoms with Gasteiger partial charge in [-0.3, -0.25) is 4.98 Å². The number of aromatic nitrogens is 2. The number of fused-ring (bicyclic) bond motifs is 7. The van der Waals surface area contributed by atoms with E-state index in [0.29, 0.717) is 12.8 Å². The highest BCUT2D eigenvalue weighted by molar-refractivity contribution is 7.18. The Morgan fingerprint density at radius 1 is 0.462 bits per heavy atom. The first-order valence-electron chi connectivity index (χ1n) is 25.7. The van der Waals surface area contributed by atoms with Crippen LogP contribution in [0.5, 0.6) is 0 Å². The summed E-state index contributed by atoms with van der Waals surface area (Å²) >= 11 is 1.87. The van der Waals surface area contributed by atoms with Crippen LogP contribution < -0.4 is 10.4 Å². The fourth-order valence-corrected chi connectivity index (χ4v) is 11.7. The van der Waals surface area contributed by atoms with Crippen molar-refractivity contribution in [2.45, 2.75) is 25.7 Å². The lowest BCUT2D eigenvalue weighted by atomic mass is 9.82. The van der Waals surface area contributed by atoms with Crippen molar-refractivity contribution in [2.75, 3.05) is 0 Å². The minimum atomic E-state index is -0.443. The van der Waals surface area contributed by atoms with E-state index in [1.165, 1.54) is 86.6 Å². The molecule has 0 N–H and O–H groups in total. The number of allylic oxidation sites excluding steroid dienone is 4. The Balaban J connectivity index is 1.06. The highest BCUT2D eigenvalue weighted by Crippen LogP contribution is 2.54. The first-order valence-corrected chi connectivity index (χ1v) is 23.0. The molecule has 0 unspecified atom stereocenters. The zero-order valence-corrected chi connectivity index (χ0v) is 36.0. The van der Waals surface area contributed by atoms with Gasteiger partial charge in [-0.2, -0.15) is 0 Å². The molecule has 2 aliphatic carbocycles. The molecule has 2 nitrogen and oxygen atoms in total. The van der Waals surface area contributed by atoms with Crippen LogP contribution in [-0.2, 0) is 0 Å². The van der Waals surface area contributed by atoms with Gasteiger partial charge in [-0.1, -0.05) is 188 Å². The van der Waals surface area contributed by atoms with E-state index in [4.69, 9.17) is 11.8 Å². The molecule has 0 atom stereocenters. The van der Waals surface area contributed by atoms with Crippen molar-refractivity contribution >= 4 is 82.2 Å². The number of hydrogen-bond acceptors (Lipinski definition) is 3.